The lowest BCUT2D eigenvalue weighted by Gasteiger charge is -2.48. The second-order valence-corrected chi connectivity index (χ2v) is 10.3. The number of carbonyl (C=O) groups is 1. The van der Waals surface area contributed by atoms with Gasteiger partial charge in [-0.1, -0.05) is 47.9 Å². The number of aromatic nitrogens is 2. The highest BCUT2D eigenvalue weighted by molar-refractivity contribution is 5.70. The summed E-state index contributed by atoms with van der Waals surface area (Å²) in [5.74, 6) is 1.92. The first-order valence-corrected chi connectivity index (χ1v) is 12.6. The topological polar surface area (TPSA) is 86.5 Å². The first-order valence-electron chi connectivity index (χ1n) is 12.6. The molecule has 3 atom stereocenters. The van der Waals surface area contributed by atoms with E-state index in [1.807, 2.05) is 12.1 Å². The Morgan fingerprint density at radius 2 is 1.80 bits per heavy atom. The van der Waals surface area contributed by atoms with Gasteiger partial charge in [0, 0.05) is 17.5 Å². The SMILES string of the molecule is COC(=O)CC12CCCC(C1)C(c1ccc(-c3ccc(Nc4nnc(C5CC5)o4)cc3)cc1)CO2. The average molecular weight is 474 g/mol. The van der Waals surface area contributed by atoms with Crippen LogP contribution in [0.25, 0.3) is 11.1 Å². The molecule has 1 N–H and O–H groups in total. The van der Waals surface area contributed by atoms with E-state index in [1.165, 1.54) is 24.7 Å². The summed E-state index contributed by atoms with van der Waals surface area (Å²) in [6.45, 7) is 0.666. The van der Waals surface area contributed by atoms with E-state index in [-0.39, 0.29) is 11.6 Å². The fraction of sp³-hybridized carbons (Fsp3) is 0.464. The van der Waals surface area contributed by atoms with Crippen LogP contribution in [-0.4, -0.2) is 35.5 Å². The third kappa shape index (κ3) is 4.69. The molecule has 7 heteroatoms. The summed E-state index contributed by atoms with van der Waals surface area (Å²) in [5, 5.41) is 11.4. The number of hydrogen-bond acceptors (Lipinski definition) is 7. The zero-order chi connectivity index (χ0) is 23.8. The quantitative estimate of drug-likeness (QED) is 0.424. The third-order valence-electron chi connectivity index (χ3n) is 7.85. The van der Waals surface area contributed by atoms with Gasteiger partial charge in [-0.2, -0.15) is 0 Å². The van der Waals surface area contributed by atoms with E-state index >= 15 is 0 Å². The van der Waals surface area contributed by atoms with Crippen molar-refractivity contribution in [2.24, 2.45) is 5.92 Å². The van der Waals surface area contributed by atoms with Gasteiger partial charge in [0.05, 0.1) is 25.7 Å². The van der Waals surface area contributed by atoms with Crippen molar-refractivity contribution in [2.45, 2.75) is 62.4 Å². The summed E-state index contributed by atoms with van der Waals surface area (Å²) in [7, 11) is 1.45. The number of hydrogen-bond donors (Lipinski definition) is 1. The van der Waals surface area contributed by atoms with Crippen LogP contribution >= 0.6 is 0 Å². The maximum atomic E-state index is 11.9. The minimum absolute atomic E-state index is 0.172. The molecule has 2 aromatic carbocycles. The fourth-order valence-corrected chi connectivity index (χ4v) is 5.73. The zero-order valence-electron chi connectivity index (χ0n) is 20.0. The van der Waals surface area contributed by atoms with Crippen molar-refractivity contribution in [1.82, 2.24) is 10.2 Å². The van der Waals surface area contributed by atoms with Gasteiger partial charge in [-0.05, 0) is 66.8 Å². The minimum atomic E-state index is -0.330. The molecule has 1 saturated heterocycles. The number of nitrogens with zero attached hydrogens (tertiary/aromatic N) is 2. The van der Waals surface area contributed by atoms with Crippen LogP contribution in [-0.2, 0) is 14.3 Å². The molecule has 1 aromatic heterocycles. The van der Waals surface area contributed by atoms with E-state index in [0.717, 1.165) is 49.2 Å². The Hall–Kier alpha value is -3.19. The van der Waals surface area contributed by atoms with Gasteiger partial charge >= 0.3 is 12.0 Å². The predicted octanol–water partition coefficient (Wildman–Crippen LogP) is 5.96. The molecule has 2 heterocycles. The van der Waals surface area contributed by atoms with Gasteiger partial charge in [0.1, 0.15) is 0 Å². The molecule has 2 saturated carbocycles. The second kappa shape index (κ2) is 9.11. The van der Waals surface area contributed by atoms with Crippen molar-refractivity contribution in [3.05, 3.63) is 60.0 Å². The lowest BCUT2D eigenvalue weighted by molar-refractivity contribution is -0.165. The van der Waals surface area contributed by atoms with E-state index < -0.39 is 0 Å². The molecule has 0 amide bonds. The highest BCUT2D eigenvalue weighted by Gasteiger charge is 2.46. The molecule has 3 unspecified atom stereocenters. The molecule has 7 nitrogen and oxygen atoms in total. The molecular weight excluding hydrogens is 442 g/mol. The van der Waals surface area contributed by atoms with Gasteiger partial charge in [0.25, 0.3) is 0 Å². The highest BCUT2D eigenvalue weighted by Crippen LogP contribution is 2.48. The largest absolute Gasteiger partial charge is 0.469 e. The molecule has 3 aliphatic rings. The lowest BCUT2D eigenvalue weighted by Crippen LogP contribution is -2.47. The van der Waals surface area contributed by atoms with Crippen molar-refractivity contribution >= 4 is 17.7 Å². The number of ether oxygens (including phenoxy) is 2. The smallest absolute Gasteiger partial charge is 0.320 e. The van der Waals surface area contributed by atoms with Gasteiger partial charge < -0.3 is 19.2 Å². The van der Waals surface area contributed by atoms with Crippen molar-refractivity contribution in [3.8, 4) is 11.1 Å². The number of nitrogens with one attached hydrogen (secondary N) is 1. The summed E-state index contributed by atoms with van der Waals surface area (Å²) in [4.78, 5) is 11.9. The van der Waals surface area contributed by atoms with Crippen LogP contribution < -0.4 is 5.32 Å². The van der Waals surface area contributed by atoms with E-state index in [4.69, 9.17) is 13.9 Å². The lowest BCUT2D eigenvalue weighted by atomic mass is 9.67. The average Bonchev–Trinajstić information content (AvgIpc) is 3.63. The number of methoxy groups -OCH3 is 1. The van der Waals surface area contributed by atoms with Gasteiger partial charge in [-0.15, -0.1) is 5.10 Å². The summed E-state index contributed by atoms with van der Waals surface area (Å²) < 4.78 is 17.0. The van der Waals surface area contributed by atoms with Gasteiger partial charge in [-0.3, -0.25) is 4.79 Å². The Labute approximate surface area is 205 Å². The van der Waals surface area contributed by atoms with Crippen molar-refractivity contribution in [2.75, 3.05) is 19.0 Å². The standard InChI is InChI=1S/C28H31N3O4/c1-33-25(32)16-28-14-2-3-22(15-28)24(17-34-28)20-6-4-18(5-7-20)19-10-12-23(13-11-19)29-27-31-30-26(35-27)21-8-9-21/h4-7,10-13,21-22,24H,2-3,8-9,14-17H2,1H3,(H,29,31). The van der Waals surface area contributed by atoms with Crippen LogP contribution in [0.2, 0.25) is 0 Å². The Kier molecular flexibility index (Phi) is 5.80. The molecule has 0 radical (unpaired) electrons. The van der Waals surface area contributed by atoms with Gasteiger partial charge in [0.15, 0.2) is 0 Å². The molecule has 3 fully saturated rings. The maximum absolute atomic E-state index is 11.9. The molecule has 0 spiro atoms. The van der Waals surface area contributed by atoms with Crippen molar-refractivity contribution < 1.29 is 18.7 Å². The van der Waals surface area contributed by atoms with Crippen LogP contribution in [0.15, 0.2) is 52.9 Å². The Bertz CT molecular complexity index is 1190. The minimum Gasteiger partial charge on any atom is -0.469 e. The molecule has 2 bridgehead atoms. The number of rotatable bonds is 7. The predicted molar refractivity (Wildman–Crippen MR) is 131 cm³/mol. The van der Waals surface area contributed by atoms with Crippen LogP contribution in [0.5, 0.6) is 0 Å². The zero-order valence-corrected chi connectivity index (χ0v) is 20.0. The fourth-order valence-electron chi connectivity index (χ4n) is 5.73. The van der Waals surface area contributed by atoms with E-state index in [2.05, 4.69) is 51.9 Å². The summed E-state index contributed by atoms with van der Waals surface area (Å²) >= 11 is 0. The van der Waals surface area contributed by atoms with Crippen LogP contribution in [0, 0.1) is 5.92 Å². The number of benzene rings is 2. The molecule has 2 aliphatic carbocycles. The van der Waals surface area contributed by atoms with Crippen LogP contribution in [0.4, 0.5) is 11.7 Å². The number of anilines is 2. The first kappa shape index (κ1) is 22.3. The third-order valence-corrected chi connectivity index (χ3v) is 7.85. The highest BCUT2D eigenvalue weighted by atomic mass is 16.5. The number of esters is 1. The Morgan fingerprint density at radius 3 is 2.51 bits per heavy atom. The van der Waals surface area contributed by atoms with Crippen LogP contribution in [0.3, 0.4) is 0 Å². The molecule has 35 heavy (non-hydrogen) atoms. The monoisotopic (exact) mass is 473 g/mol. The normalized spacial score (nSPS) is 25.7. The number of carbonyl (C=O) groups excluding carboxylic acids is 1. The van der Waals surface area contributed by atoms with Crippen molar-refractivity contribution in [3.63, 3.8) is 0 Å². The molecule has 3 aromatic rings. The Morgan fingerprint density at radius 1 is 1.06 bits per heavy atom. The molecule has 6 rings (SSSR count). The number of fused-ring (bicyclic) bond motifs is 2. The first-order chi connectivity index (χ1) is 17.1. The van der Waals surface area contributed by atoms with Gasteiger partial charge in [-0.25, -0.2) is 0 Å². The second-order valence-electron chi connectivity index (χ2n) is 10.3. The van der Waals surface area contributed by atoms with Gasteiger partial charge in [0.2, 0.25) is 5.89 Å². The summed E-state index contributed by atoms with van der Waals surface area (Å²) in [6.07, 6.45) is 6.82. The molecular formula is C28H31N3O4. The molecule has 1 aliphatic heterocycles. The van der Waals surface area contributed by atoms with E-state index in [0.29, 0.717) is 36.8 Å². The molecule has 182 valence electrons. The summed E-state index contributed by atoms with van der Waals surface area (Å²) in [5.41, 5.74) is 4.23. The maximum Gasteiger partial charge on any atom is 0.320 e. The van der Waals surface area contributed by atoms with Crippen molar-refractivity contribution in [1.29, 1.82) is 0 Å². The Balaban J connectivity index is 1.11. The van der Waals surface area contributed by atoms with E-state index in [1.54, 1.807) is 0 Å². The summed E-state index contributed by atoms with van der Waals surface area (Å²) in [6, 6.07) is 17.5. The van der Waals surface area contributed by atoms with E-state index in [9.17, 15) is 4.79 Å². The van der Waals surface area contributed by atoms with Crippen LogP contribution in [0.1, 0.15) is 68.2 Å².